The summed E-state index contributed by atoms with van der Waals surface area (Å²) in [6, 6.07) is 0. The molecule has 0 aliphatic carbocycles. The van der Waals surface area contributed by atoms with Crippen molar-refractivity contribution < 1.29 is 14.8 Å². The smallest absolute Gasteiger partial charge is 0.243 e. The third-order valence-corrected chi connectivity index (χ3v) is 3.83. The van der Waals surface area contributed by atoms with E-state index in [9.17, 15) is 14.8 Å². The fourth-order valence-electron chi connectivity index (χ4n) is 2.43. The second-order valence-corrected chi connectivity index (χ2v) is 5.78. The molecule has 2 aromatic heterocycles. The summed E-state index contributed by atoms with van der Waals surface area (Å²) in [7, 11) is 1.76. The number of anilines is 1. The maximum atomic E-state index is 12.3. The van der Waals surface area contributed by atoms with Crippen molar-refractivity contribution in [3.05, 3.63) is 12.4 Å². The first kappa shape index (κ1) is 18.6. The van der Waals surface area contributed by atoms with E-state index in [0.29, 0.717) is 17.1 Å². The Morgan fingerprint density at radius 2 is 2.24 bits per heavy atom. The molecular weight excluding hydrogens is 326 g/mol. The number of unbranched alkanes of at least 4 members (excludes halogenated alkanes) is 2. The van der Waals surface area contributed by atoms with Gasteiger partial charge in [-0.2, -0.15) is 10.1 Å². The van der Waals surface area contributed by atoms with Gasteiger partial charge < -0.3 is 0 Å². The fraction of sp³-hybridized carbons (Fsp3) is 0.533. The van der Waals surface area contributed by atoms with Crippen molar-refractivity contribution in [3.63, 3.8) is 0 Å². The van der Waals surface area contributed by atoms with Crippen molar-refractivity contribution >= 4 is 29.3 Å². The van der Waals surface area contributed by atoms with Crippen LogP contribution in [0.3, 0.4) is 0 Å². The number of hydroxylamine groups is 2. The van der Waals surface area contributed by atoms with E-state index in [0.717, 1.165) is 24.6 Å². The number of hydrogen-bond donors (Lipinski definition) is 3. The molecule has 136 valence electrons. The Bertz CT molecular complexity index is 718. The van der Waals surface area contributed by atoms with E-state index in [1.807, 2.05) is 0 Å². The molecular formula is C15H23N7O3. The third kappa shape index (κ3) is 5.11. The second kappa shape index (κ2) is 8.92. The highest BCUT2D eigenvalue weighted by Crippen LogP contribution is 2.13. The maximum Gasteiger partial charge on any atom is 0.243 e. The van der Waals surface area contributed by atoms with Crippen molar-refractivity contribution in [2.24, 2.45) is 13.0 Å². The van der Waals surface area contributed by atoms with Gasteiger partial charge in [-0.15, -0.1) is 0 Å². The number of fused-ring (bicyclic) bond motifs is 1. The molecule has 2 amide bonds. The van der Waals surface area contributed by atoms with Gasteiger partial charge >= 0.3 is 0 Å². The lowest BCUT2D eigenvalue weighted by molar-refractivity contribution is -0.154. The number of hydrazine groups is 1. The summed E-state index contributed by atoms with van der Waals surface area (Å²) in [5.74, 6) is -0.645. The quantitative estimate of drug-likeness (QED) is 0.251. The van der Waals surface area contributed by atoms with Gasteiger partial charge in [-0.1, -0.05) is 26.2 Å². The summed E-state index contributed by atoms with van der Waals surface area (Å²) in [5.41, 5.74) is 5.83. The van der Waals surface area contributed by atoms with E-state index in [1.165, 1.54) is 0 Å². The molecule has 0 radical (unpaired) electrons. The number of carbonyl (C=O) groups excluding carboxylic acids is 2. The van der Waals surface area contributed by atoms with Crippen molar-refractivity contribution in [3.8, 4) is 0 Å². The average Bonchev–Trinajstić information content (AvgIpc) is 2.99. The van der Waals surface area contributed by atoms with Crippen molar-refractivity contribution in [2.75, 3.05) is 12.0 Å². The zero-order chi connectivity index (χ0) is 18.2. The zero-order valence-electron chi connectivity index (χ0n) is 14.3. The molecule has 0 aliphatic rings. The Hall–Kier alpha value is -2.75. The third-order valence-electron chi connectivity index (χ3n) is 3.83. The lowest BCUT2D eigenvalue weighted by atomic mass is 10.0. The molecule has 10 nitrogen and oxygen atoms in total. The molecule has 0 bridgehead atoms. The second-order valence-electron chi connectivity index (χ2n) is 5.78. The van der Waals surface area contributed by atoms with Crippen LogP contribution in [0, 0.1) is 5.92 Å². The molecule has 0 fully saturated rings. The summed E-state index contributed by atoms with van der Waals surface area (Å²) in [6.45, 7) is 1.99. The van der Waals surface area contributed by atoms with Crippen LogP contribution in [-0.4, -0.2) is 48.9 Å². The molecule has 0 aromatic carbocycles. The van der Waals surface area contributed by atoms with E-state index in [4.69, 9.17) is 0 Å². The predicted molar refractivity (Wildman–Crippen MR) is 90.3 cm³/mol. The molecule has 0 saturated heterocycles. The predicted octanol–water partition coefficient (Wildman–Crippen LogP) is 0.851. The minimum absolute atomic E-state index is 0.0671. The van der Waals surface area contributed by atoms with Crippen LogP contribution in [-0.2, 0) is 16.6 Å². The zero-order valence-corrected chi connectivity index (χ0v) is 14.3. The summed E-state index contributed by atoms with van der Waals surface area (Å²) in [4.78, 5) is 31.3. The van der Waals surface area contributed by atoms with E-state index < -0.39 is 5.92 Å². The number of nitrogens with one attached hydrogen (secondary N) is 2. The van der Waals surface area contributed by atoms with Crippen LogP contribution < -0.4 is 10.9 Å². The van der Waals surface area contributed by atoms with Crippen molar-refractivity contribution in [2.45, 2.75) is 32.6 Å². The summed E-state index contributed by atoms with van der Waals surface area (Å²) >= 11 is 0. The SMILES string of the molecule is CCCCC[C@@H](CN(O)C=O)C(=O)NNc1ncc2cnn(C)c2n1. The molecule has 0 unspecified atom stereocenters. The Kier molecular flexibility index (Phi) is 6.63. The lowest BCUT2D eigenvalue weighted by Crippen LogP contribution is -2.40. The summed E-state index contributed by atoms with van der Waals surface area (Å²) < 4.78 is 1.60. The highest BCUT2D eigenvalue weighted by Gasteiger charge is 2.20. The van der Waals surface area contributed by atoms with Crippen molar-refractivity contribution in [1.82, 2.24) is 30.2 Å². The highest BCUT2D eigenvalue weighted by molar-refractivity contribution is 5.80. The van der Waals surface area contributed by atoms with E-state index >= 15 is 0 Å². The Labute approximate surface area is 145 Å². The van der Waals surface area contributed by atoms with Gasteiger partial charge in [0.15, 0.2) is 5.65 Å². The van der Waals surface area contributed by atoms with E-state index in [-0.39, 0.29) is 24.8 Å². The summed E-state index contributed by atoms with van der Waals surface area (Å²) in [5, 5.41) is 14.7. The molecule has 2 rings (SSSR count). The maximum absolute atomic E-state index is 12.3. The minimum Gasteiger partial charge on any atom is -0.286 e. The first-order chi connectivity index (χ1) is 12.0. The Morgan fingerprint density at radius 1 is 1.44 bits per heavy atom. The van der Waals surface area contributed by atoms with E-state index in [2.05, 4.69) is 32.8 Å². The van der Waals surface area contributed by atoms with Gasteiger partial charge in [-0.3, -0.25) is 30.3 Å². The number of amides is 2. The standard InChI is InChI=1S/C15H23N7O3/c1-3-4-5-6-11(9-22(25)10-23)14(24)19-20-15-16-7-12-8-17-21(2)13(12)18-15/h7-8,10-11,25H,3-6,9H2,1-2H3,(H,19,24)(H,16,18,20)/t11-/m0/s1. The number of carbonyl (C=O) groups is 2. The Morgan fingerprint density at radius 3 is 2.96 bits per heavy atom. The topological polar surface area (TPSA) is 125 Å². The van der Waals surface area contributed by atoms with Crippen LogP contribution in [0.1, 0.15) is 32.6 Å². The van der Waals surface area contributed by atoms with Crippen LogP contribution in [0.2, 0.25) is 0 Å². The number of aryl methyl sites for hydroxylation is 1. The number of aromatic nitrogens is 4. The van der Waals surface area contributed by atoms with Crippen molar-refractivity contribution in [1.29, 1.82) is 0 Å². The molecule has 10 heteroatoms. The van der Waals surface area contributed by atoms with Gasteiger partial charge in [0, 0.05) is 13.2 Å². The highest BCUT2D eigenvalue weighted by atomic mass is 16.5. The van der Waals surface area contributed by atoms with Crippen LogP contribution in [0.15, 0.2) is 12.4 Å². The van der Waals surface area contributed by atoms with Gasteiger partial charge in [0.05, 0.1) is 24.0 Å². The monoisotopic (exact) mass is 349 g/mol. The first-order valence-electron chi connectivity index (χ1n) is 8.16. The average molecular weight is 349 g/mol. The first-order valence-corrected chi connectivity index (χ1v) is 8.16. The van der Waals surface area contributed by atoms with Gasteiger partial charge in [0.2, 0.25) is 18.3 Å². The Balaban J connectivity index is 1.97. The molecule has 25 heavy (non-hydrogen) atoms. The van der Waals surface area contributed by atoms with Crippen LogP contribution >= 0.6 is 0 Å². The normalized spacial score (nSPS) is 12.0. The molecule has 2 aromatic rings. The number of nitrogens with zero attached hydrogens (tertiary/aromatic N) is 5. The van der Waals surface area contributed by atoms with Crippen LogP contribution in [0.4, 0.5) is 5.95 Å². The molecule has 0 aliphatic heterocycles. The van der Waals surface area contributed by atoms with Gasteiger partial charge in [-0.05, 0) is 6.42 Å². The van der Waals surface area contributed by atoms with Crippen LogP contribution in [0.5, 0.6) is 0 Å². The number of hydrogen-bond acceptors (Lipinski definition) is 7. The van der Waals surface area contributed by atoms with Gasteiger partial charge in [0.1, 0.15) is 0 Å². The largest absolute Gasteiger partial charge is 0.286 e. The number of rotatable bonds is 10. The molecule has 2 heterocycles. The molecule has 3 N–H and O–H groups in total. The van der Waals surface area contributed by atoms with Crippen LogP contribution in [0.25, 0.3) is 11.0 Å². The van der Waals surface area contributed by atoms with Gasteiger partial charge in [-0.25, -0.2) is 10.0 Å². The molecule has 1 atom stereocenters. The molecule has 0 spiro atoms. The summed E-state index contributed by atoms with van der Waals surface area (Å²) in [6.07, 6.45) is 6.92. The minimum atomic E-state index is -0.533. The van der Waals surface area contributed by atoms with Gasteiger partial charge in [0.25, 0.3) is 0 Å². The molecule has 0 saturated carbocycles. The lowest BCUT2D eigenvalue weighted by Gasteiger charge is -2.19. The fourth-order valence-corrected chi connectivity index (χ4v) is 2.43. The van der Waals surface area contributed by atoms with E-state index in [1.54, 1.807) is 24.1 Å².